The molecule has 132 valence electrons. The maximum atomic E-state index is 10.8. The summed E-state index contributed by atoms with van der Waals surface area (Å²) in [6.45, 7) is 10.8. The lowest BCUT2D eigenvalue weighted by Crippen LogP contribution is -2.38. The number of benzene rings is 1. The van der Waals surface area contributed by atoms with Crippen molar-refractivity contribution in [2.75, 3.05) is 0 Å². The number of phenols is 1. The second-order valence-corrected chi connectivity index (χ2v) is 8.19. The molecule has 0 saturated heterocycles. The summed E-state index contributed by atoms with van der Waals surface area (Å²) in [6.07, 6.45) is 9.03. The van der Waals surface area contributed by atoms with Gasteiger partial charge in [0.05, 0.1) is 0 Å². The van der Waals surface area contributed by atoms with Crippen molar-refractivity contribution in [3.8, 4) is 11.5 Å². The molecule has 2 aliphatic rings. The molecule has 1 saturated carbocycles. The third-order valence-electron chi connectivity index (χ3n) is 5.97. The quantitative estimate of drug-likeness (QED) is 0.520. The van der Waals surface area contributed by atoms with E-state index in [-0.39, 0.29) is 5.60 Å². The molecule has 24 heavy (non-hydrogen) atoms. The van der Waals surface area contributed by atoms with Crippen molar-refractivity contribution >= 4 is 0 Å². The first-order chi connectivity index (χ1) is 11.4. The van der Waals surface area contributed by atoms with Gasteiger partial charge in [-0.05, 0) is 76.0 Å². The molecule has 3 atom stereocenters. The van der Waals surface area contributed by atoms with Gasteiger partial charge in [-0.3, -0.25) is 0 Å². The SMILES string of the molecule is C=C(C)C1CCCC2(C)CC1c1c(O)cc(CCCCC)cc1O2. The first-order valence-electron chi connectivity index (χ1n) is 9.64. The first-order valence-corrected chi connectivity index (χ1v) is 9.64. The van der Waals surface area contributed by atoms with Crippen LogP contribution in [-0.4, -0.2) is 10.7 Å². The van der Waals surface area contributed by atoms with Crippen LogP contribution in [0.5, 0.6) is 11.5 Å². The highest BCUT2D eigenvalue weighted by molar-refractivity contribution is 5.52. The highest BCUT2D eigenvalue weighted by atomic mass is 16.5. The van der Waals surface area contributed by atoms with E-state index < -0.39 is 0 Å². The molecular formula is C22H32O2. The predicted octanol–water partition coefficient (Wildman–Crippen LogP) is 6.13. The third-order valence-corrected chi connectivity index (χ3v) is 5.97. The summed E-state index contributed by atoms with van der Waals surface area (Å²) in [4.78, 5) is 0. The topological polar surface area (TPSA) is 29.5 Å². The third kappa shape index (κ3) is 3.34. The van der Waals surface area contributed by atoms with Crippen LogP contribution in [-0.2, 0) is 6.42 Å². The van der Waals surface area contributed by atoms with Gasteiger partial charge < -0.3 is 9.84 Å². The molecule has 0 aromatic heterocycles. The molecule has 1 aliphatic carbocycles. The Bertz CT molecular complexity index is 619. The second-order valence-electron chi connectivity index (χ2n) is 8.19. The fourth-order valence-electron chi connectivity index (χ4n) is 4.71. The number of ether oxygens (including phenoxy) is 1. The fraction of sp³-hybridized carbons (Fsp3) is 0.636. The van der Waals surface area contributed by atoms with Gasteiger partial charge in [0.1, 0.15) is 17.1 Å². The average Bonchev–Trinajstić information content (AvgIpc) is 2.63. The number of allylic oxidation sites excluding steroid dienone is 1. The summed E-state index contributed by atoms with van der Waals surface area (Å²) in [7, 11) is 0. The molecule has 0 radical (unpaired) electrons. The van der Waals surface area contributed by atoms with E-state index in [4.69, 9.17) is 4.74 Å². The number of hydrogen-bond donors (Lipinski definition) is 1. The van der Waals surface area contributed by atoms with Crippen LogP contribution in [0.25, 0.3) is 0 Å². The van der Waals surface area contributed by atoms with E-state index in [0.29, 0.717) is 17.6 Å². The lowest BCUT2D eigenvalue weighted by Gasteiger charge is -2.41. The van der Waals surface area contributed by atoms with Gasteiger partial charge in [0.15, 0.2) is 0 Å². The van der Waals surface area contributed by atoms with E-state index in [1.165, 1.54) is 36.8 Å². The van der Waals surface area contributed by atoms with Crippen LogP contribution < -0.4 is 4.74 Å². The molecule has 3 rings (SSSR count). The van der Waals surface area contributed by atoms with Crippen molar-refractivity contribution in [2.24, 2.45) is 5.92 Å². The zero-order chi connectivity index (χ0) is 17.3. The van der Waals surface area contributed by atoms with Crippen LogP contribution in [0.2, 0.25) is 0 Å². The highest BCUT2D eigenvalue weighted by Gasteiger charge is 2.44. The smallest absolute Gasteiger partial charge is 0.127 e. The van der Waals surface area contributed by atoms with Gasteiger partial charge in [0.2, 0.25) is 0 Å². The number of phenolic OH excluding ortho intramolecular Hbond substituents is 1. The number of aromatic hydroxyl groups is 1. The van der Waals surface area contributed by atoms with Gasteiger partial charge in [-0.1, -0.05) is 31.9 Å². The number of hydrogen-bond acceptors (Lipinski definition) is 2. The van der Waals surface area contributed by atoms with Crippen molar-refractivity contribution in [1.82, 2.24) is 0 Å². The molecule has 3 unspecified atom stereocenters. The van der Waals surface area contributed by atoms with Crippen LogP contribution in [0.15, 0.2) is 24.3 Å². The van der Waals surface area contributed by atoms with Gasteiger partial charge in [-0.25, -0.2) is 0 Å². The maximum absolute atomic E-state index is 10.8. The summed E-state index contributed by atoms with van der Waals surface area (Å²) in [5.41, 5.74) is 3.37. The molecule has 2 heteroatoms. The standard InChI is InChI=1S/C22H32O2/c1-5-6-7-9-16-12-19(23)21-18-14-22(4,24-20(21)13-16)11-8-10-17(18)15(2)3/h12-13,17-18,23H,2,5-11,14H2,1,3-4H3. The molecule has 1 aromatic rings. The Hall–Kier alpha value is -1.44. The van der Waals surface area contributed by atoms with Crippen molar-refractivity contribution in [1.29, 1.82) is 0 Å². The number of rotatable bonds is 5. The highest BCUT2D eigenvalue weighted by Crippen LogP contribution is 2.54. The molecule has 0 spiro atoms. The van der Waals surface area contributed by atoms with Crippen LogP contribution in [0.4, 0.5) is 0 Å². The number of unbranched alkanes of at least 4 members (excludes halogenated alkanes) is 2. The van der Waals surface area contributed by atoms with Crippen molar-refractivity contribution in [2.45, 2.75) is 83.7 Å². The van der Waals surface area contributed by atoms with Gasteiger partial charge >= 0.3 is 0 Å². The van der Waals surface area contributed by atoms with Gasteiger partial charge in [0, 0.05) is 11.5 Å². The Labute approximate surface area is 146 Å². The second kappa shape index (κ2) is 6.82. The molecule has 2 nitrogen and oxygen atoms in total. The summed E-state index contributed by atoms with van der Waals surface area (Å²) in [5.74, 6) is 2.14. The van der Waals surface area contributed by atoms with Crippen molar-refractivity contribution < 1.29 is 9.84 Å². The van der Waals surface area contributed by atoms with Crippen LogP contribution in [0.1, 0.15) is 82.8 Å². The number of fused-ring (bicyclic) bond motifs is 4. The van der Waals surface area contributed by atoms with E-state index in [9.17, 15) is 5.11 Å². The lowest BCUT2D eigenvalue weighted by atomic mass is 9.74. The molecule has 1 aliphatic heterocycles. The summed E-state index contributed by atoms with van der Waals surface area (Å²) in [5, 5.41) is 10.8. The van der Waals surface area contributed by atoms with Gasteiger partial charge in [-0.2, -0.15) is 0 Å². The fourth-order valence-corrected chi connectivity index (χ4v) is 4.71. The minimum absolute atomic E-state index is 0.101. The lowest BCUT2D eigenvalue weighted by molar-refractivity contribution is 0.0477. The molecule has 1 aromatic carbocycles. The maximum Gasteiger partial charge on any atom is 0.127 e. The van der Waals surface area contributed by atoms with E-state index in [1.807, 2.05) is 6.07 Å². The Morgan fingerprint density at radius 3 is 2.88 bits per heavy atom. The number of aryl methyl sites for hydroxylation is 1. The average molecular weight is 328 g/mol. The Balaban J connectivity index is 1.98. The minimum Gasteiger partial charge on any atom is -0.508 e. The van der Waals surface area contributed by atoms with E-state index in [1.54, 1.807) is 0 Å². The molecular weight excluding hydrogens is 296 g/mol. The van der Waals surface area contributed by atoms with Crippen LogP contribution in [0, 0.1) is 5.92 Å². The largest absolute Gasteiger partial charge is 0.508 e. The minimum atomic E-state index is -0.101. The van der Waals surface area contributed by atoms with E-state index >= 15 is 0 Å². The molecule has 2 bridgehead atoms. The predicted molar refractivity (Wildman–Crippen MR) is 99.9 cm³/mol. The van der Waals surface area contributed by atoms with Gasteiger partial charge in [-0.15, -0.1) is 0 Å². The van der Waals surface area contributed by atoms with Crippen molar-refractivity contribution in [3.63, 3.8) is 0 Å². The van der Waals surface area contributed by atoms with E-state index in [2.05, 4.69) is 33.4 Å². The monoisotopic (exact) mass is 328 g/mol. The molecule has 1 heterocycles. The summed E-state index contributed by atoms with van der Waals surface area (Å²) in [6, 6.07) is 4.16. The zero-order valence-electron chi connectivity index (χ0n) is 15.5. The molecule has 0 amide bonds. The molecule has 1 N–H and O–H groups in total. The molecule has 1 fully saturated rings. The van der Waals surface area contributed by atoms with Gasteiger partial charge in [0.25, 0.3) is 0 Å². The Morgan fingerprint density at radius 1 is 1.38 bits per heavy atom. The summed E-state index contributed by atoms with van der Waals surface area (Å²) >= 11 is 0. The Kier molecular flexibility index (Phi) is 4.94. The van der Waals surface area contributed by atoms with Crippen molar-refractivity contribution in [3.05, 3.63) is 35.4 Å². The Morgan fingerprint density at radius 2 is 2.17 bits per heavy atom. The summed E-state index contributed by atoms with van der Waals surface area (Å²) < 4.78 is 6.44. The first kappa shape index (κ1) is 17.4. The van der Waals surface area contributed by atoms with Crippen LogP contribution >= 0.6 is 0 Å². The zero-order valence-corrected chi connectivity index (χ0v) is 15.5. The van der Waals surface area contributed by atoms with Crippen LogP contribution in [0.3, 0.4) is 0 Å². The van der Waals surface area contributed by atoms with E-state index in [0.717, 1.165) is 37.0 Å². The normalized spacial score (nSPS) is 28.6.